The van der Waals surface area contributed by atoms with Crippen LogP contribution in [0, 0.1) is 28.4 Å². The third-order valence-corrected chi connectivity index (χ3v) is 3.93. The molecule has 2 rings (SSSR count). The lowest BCUT2D eigenvalue weighted by atomic mass is 10.2. The number of nitro benzene ring substituents is 1. The molecule has 0 spiro atoms. The summed E-state index contributed by atoms with van der Waals surface area (Å²) in [5, 5.41) is 28.2. The first-order valence-corrected chi connectivity index (χ1v) is 6.40. The fourth-order valence-corrected chi connectivity index (χ4v) is 3.15. The van der Waals surface area contributed by atoms with Crippen LogP contribution in [0.3, 0.4) is 0 Å². The molecule has 1 heterocycles. The molecule has 0 aliphatic carbocycles. The van der Waals surface area contributed by atoms with Crippen molar-refractivity contribution in [3.63, 3.8) is 0 Å². The van der Waals surface area contributed by atoms with E-state index < -0.39 is 4.92 Å². The number of rotatable bonds is 3. The molecule has 1 aromatic heterocycles. The van der Waals surface area contributed by atoms with Crippen LogP contribution in [0.4, 0.5) is 5.69 Å². The number of nitrogens with zero attached hydrogens (tertiary/aromatic N) is 4. The summed E-state index contributed by atoms with van der Waals surface area (Å²) in [5.74, 6) is 0. The van der Waals surface area contributed by atoms with Crippen LogP contribution in [0.1, 0.15) is 10.6 Å². The first kappa shape index (κ1) is 12.5. The number of nitro groups is 1. The van der Waals surface area contributed by atoms with Crippen LogP contribution < -0.4 is 0 Å². The fourth-order valence-electron chi connectivity index (χ4n) is 1.23. The Morgan fingerprint density at radius 1 is 1.50 bits per heavy atom. The lowest BCUT2D eigenvalue weighted by Gasteiger charge is -2.00. The van der Waals surface area contributed by atoms with Gasteiger partial charge in [-0.2, -0.15) is 5.26 Å². The van der Waals surface area contributed by atoms with Gasteiger partial charge in [-0.15, -0.1) is 10.2 Å². The molecule has 0 bridgehead atoms. The molecule has 0 atom stereocenters. The molecule has 18 heavy (non-hydrogen) atoms. The van der Waals surface area contributed by atoms with E-state index in [1.165, 1.54) is 29.5 Å². The molecule has 2 aromatic rings. The van der Waals surface area contributed by atoms with Crippen molar-refractivity contribution in [2.24, 2.45) is 0 Å². The van der Waals surface area contributed by atoms with Crippen LogP contribution in [0.5, 0.6) is 0 Å². The van der Waals surface area contributed by atoms with Crippen LogP contribution in [-0.4, -0.2) is 15.1 Å². The van der Waals surface area contributed by atoms with E-state index in [0.29, 0.717) is 14.8 Å². The van der Waals surface area contributed by atoms with Gasteiger partial charge in [-0.25, -0.2) is 0 Å². The van der Waals surface area contributed by atoms with Crippen molar-refractivity contribution >= 4 is 28.8 Å². The normalized spacial score (nSPS) is 10.0. The highest BCUT2D eigenvalue weighted by atomic mass is 32.2. The minimum atomic E-state index is -0.475. The monoisotopic (exact) mass is 278 g/mol. The lowest BCUT2D eigenvalue weighted by molar-refractivity contribution is -0.387. The Labute approximate surface area is 110 Å². The first-order chi connectivity index (χ1) is 8.60. The number of hydrogen-bond donors (Lipinski definition) is 0. The molecule has 6 nitrogen and oxygen atoms in total. The van der Waals surface area contributed by atoms with E-state index in [1.807, 2.05) is 13.0 Å². The number of aryl methyl sites for hydroxylation is 1. The van der Waals surface area contributed by atoms with Crippen molar-refractivity contribution in [2.75, 3.05) is 0 Å². The van der Waals surface area contributed by atoms with Crippen LogP contribution in [0.15, 0.2) is 27.4 Å². The number of aromatic nitrogens is 2. The molecular formula is C10H6N4O2S2. The zero-order valence-electron chi connectivity index (χ0n) is 9.15. The molecule has 8 heteroatoms. The van der Waals surface area contributed by atoms with E-state index in [4.69, 9.17) is 5.26 Å². The van der Waals surface area contributed by atoms with Crippen molar-refractivity contribution in [3.8, 4) is 6.07 Å². The molecule has 0 unspecified atom stereocenters. The van der Waals surface area contributed by atoms with Crippen molar-refractivity contribution in [3.05, 3.63) is 38.9 Å². The maximum Gasteiger partial charge on any atom is 0.283 e. The second kappa shape index (κ2) is 5.12. The second-order valence-electron chi connectivity index (χ2n) is 3.24. The predicted octanol–water partition coefficient (Wildman–Crippen LogP) is 2.78. The van der Waals surface area contributed by atoms with Gasteiger partial charge in [0.2, 0.25) is 0 Å². The molecule has 0 saturated carbocycles. The molecule has 0 radical (unpaired) electrons. The average molecular weight is 278 g/mol. The van der Waals surface area contributed by atoms with E-state index in [0.717, 1.165) is 16.8 Å². The van der Waals surface area contributed by atoms with E-state index in [1.54, 1.807) is 0 Å². The molecule has 0 N–H and O–H groups in total. The minimum Gasteiger partial charge on any atom is -0.258 e. The summed E-state index contributed by atoms with van der Waals surface area (Å²) in [5.41, 5.74) is 0.344. The SMILES string of the molecule is Cc1nnc(Sc2cc(C#N)ccc2[N+](=O)[O-])s1. The lowest BCUT2D eigenvalue weighted by Crippen LogP contribution is -1.91. The smallest absolute Gasteiger partial charge is 0.258 e. The van der Waals surface area contributed by atoms with Gasteiger partial charge in [0.25, 0.3) is 5.69 Å². The van der Waals surface area contributed by atoms with Gasteiger partial charge in [0.15, 0.2) is 4.34 Å². The molecule has 0 fully saturated rings. The van der Waals surface area contributed by atoms with Crippen LogP contribution in [-0.2, 0) is 0 Å². The molecule has 0 saturated heterocycles. The molecule has 90 valence electrons. The summed E-state index contributed by atoms with van der Waals surface area (Å²) in [6.07, 6.45) is 0. The average Bonchev–Trinajstić information content (AvgIpc) is 2.74. The summed E-state index contributed by atoms with van der Waals surface area (Å²) in [6.45, 7) is 1.81. The van der Waals surface area contributed by atoms with Gasteiger partial charge in [0.1, 0.15) is 5.01 Å². The standard InChI is InChI=1S/C10H6N4O2S2/c1-6-12-13-10(17-6)18-9-4-7(5-11)2-3-8(9)14(15)16/h2-4H,1H3. The summed E-state index contributed by atoms with van der Waals surface area (Å²) < 4.78 is 0.616. The summed E-state index contributed by atoms with van der Waals surface area (Å²) >= 11 is 2.50. The van der Waals surface area contributed by atoms with E-state index >= 15 is 0 Å². The fraction of sp³-hybridized carbons (Fsp3) is 0.100. The van der Waals surface area contributed by atoms with Gasteiger partial charge in [-0.3, -0.25) is 10.1 Å². The highest BCUT2D eigenvalue weighted by molar-refractivity contribution is 8.01. The summed E-state index contributed by atoms with van der Waals surface area (Å²) in [7, 11) is 0. The summed E-state index contributed by atoms with van der Waals surface area (Å²) in [4.78, 5) is 10.8. The van der Waals surface area contributed by atoms with Crippen molar-refractivity contribution in [2.45, 2.75) is 16.2 Å². The van der Waals surface area contributed by atoms with E-state index in [9.17, 15) is 10.1 Å². The second-order valence-corrected chi connectivity index (χ2v) is 5.71. The molecule has 0 aliphatic rings. The van der Waals surface area contributed by atoms with E-state index in [2.05, 4.69) is 10.2 Å². The third-order valence-electron chi connectivity index (χ3n) is 1.99. The maximum atomic E-state index is 10.9. The maximum absolute atomic E-state index is 10.9. The van der Waals surface area contributed by atoms with Gasteiger partial charge in [-0.1, -0.05) is 23.1 Å². The minimum absolute atomic E-state index is 0.0353. The van der Waals surface area contributed by atoms with Gasteiger partial charge in [-0.05, 0) is 19.1 Å². The Kier molecular flexibility index (Phi) is 3.55. The molecular weight excluding hydrogens is 272 g/mol. The number of benzene rings is 1. The Morgan fingerprint density at radius 2 is 2.28 bits per heavy atom. The molecule has 0 aliphatic heterocycles. The van der Waals surface area contributed by atoms with Gasteiger partial charge in [0, 0.05) is 6.07 Å². The van der Waals surface area contributed by atoms with Gasteiger partial charge >= 0.3 is 0 Å². The zero-order chi connectivity index (χ0) is 13.1. The van der Waals surface area contributed by atoms with Gasteiger partial charge < -0.3 is 0 Å². The van der Waals surface area contributed by atoms with Crippen LogP contribution in [0.25, 0.3) is 0 Å². The Hall–Kier alpha value is -1.98. The number of hydrogen-bond acceptors (Lipinski definition) is 7. The topological polar surface area (TPSA) is 92.7 Å². The van der Waals surface area contributed by atoms with Crippen molar-refractivity contribution in [1.29, 1.82) is 5.26 Å². The quantitative estimate of drug-likeness (QED) is 0.633. The van der Waals surface area contributed by atoms with Gasteiger partial charge in [0.05, 0.1) is 21.5 Å². The van der Waals surface area contributed by atoms with Crippen molar-refractivity contribution in [1.82, 2.24) is 10.2 Å². The largest absolute Gasteiger partial charge is 0.283 e. The Balaban J connectivity index is 2.41. The van der Waals surface area contributed by atoms with Crippen LogP contribution in [0.2, 0.25) is 0 Å². The highest BCUT2D eigenvalue weighted by Gasteiger charge is 2.17. The first-order valence-electron chi connectivity index (χ1n) is 4.76. The Bertz CT molecular complexity index is 648. The molecule has 0 amide bonds. The van der Waals surface area contributed by atoms with Crippen molar-refractivity contribution < 1.29 is 4.92 Å². The number of nitriles is 1. The Morgan fingerprint density at radius 3 is 2.83 bits per heavy atom. The van der Waals surface area contributed by atoms with Crippen LogP contribution >= 0.6 is 23.1 Å². The zero-order valence-corrected chi connectivity index (χ0v) is 10.8. The third kappa shape index (κ3) is 2.64. The van der Waals surface area contributed by atoms with E-state index in [-0.39, 0.29) is 5.69 Å². The molecule has 1 aromatic carbocycles. The highest BCUT2D eigenvalue weighted by Crippen LogP contribution is 2.36. The predicted molar refractivity (Wildman–Crippen MR) is 66.6 cm³/mol. The summed E-state index contributed by atoms with van der Waals surface area (Å²) in [6, 6.07) is 6.19.